The number of hydrogen-bond donors (Lipinski definition) is 1. The first kappa shape index (κ1) is 20.7. The van der Waals surface area contributed by atoms with Gasteiger partial charge in [-0.1, -0.05) is 54.1 Å². The molecule has 0 saturated heterocycles. The van der Waals surface area contributed by atoms with Crippen molar-refractivity contribution >= 4 is 17.5 Å². The Morgan fingerprint density at radius 2 is 1.81 bits per heavy atom. The zero-order chi connectivity index (χ0) is 21.6. The summed E-state index contributed by atoms with van der Waals surface area (Å²) in [5, 5.41) is 3.69. The van der Waals surface area contributed by atoms with Crippen molar-refractivity contribution in [2.75, 3.05) is 0 Å². The van der Waals surface area contributed by atoms with Gasteiger partial charge < -0.3 is 14.6 Å². The largest absolute Gasteiger partial charge is 0.488 e. The Morgan fingerprint density at radius 1 is 1.06 bits per heavy atom. The average molecular weight is 432 g/mol. The lowest BCUT2D eigenvalue weighted by atomic mass is 10.1. The van der Waals surface area contributed by atoms with Gasteiger partial charge in [-0.05, 0) is 42.8 Å². The molecule has 1 heterocycles. The van der Waals surface area contributed by atoms with Crippen LogP contribution in [0.4, 0.5) is 0 Å². The molecule has 5 nitrogen and oxygen atoms in total. The van der Waals surface area contributed by atoms with Gasteiger partial charge in [-0.15, -0.1) is 0 Å². The van der Waals surface area contributed by atoms with Crippen LogP contribution in [0, 0.1) is 0 Å². The molecule has 0 saturated carbocycles. The van der Waals surface area contributed by atoms with Crippen molar-refractivity contribution in [1.29, 1.82) is 0 Å². The number of rotatable bonds is 7. The molecule has 0 aliphatic heterocycles. The highest BCUT2D eigenvalue weighted by atomic mass is 35.5. The molecule has 0 spiro atoms. The van der Waals surface area contributed by atoms with E-state index in [1.807, 2.05) is 78.4 Å². The number of aromatic nitrogens is 2. The van der Waals surface area contributed by atoms with Crippen LogP contribution in [0.5, 0.6) is 5.75 Å². The summed E-state index contributed by atoms with van der Waals surface area (Å²) in [4.78, 5) is 17.0. The zero-order valence-corrected chi connectivity index (χ0v) is 17.8. The van der Waals surface area contributed by atoms with Crippen LogP contribution in [0.2, 0.25) is 5.02 Å². The van der Waals surface area contributed by atoms with Crippen molar-refractivity contribution in [2.45, 2.75) is 19.6 Å². The lowest BCUT2D eigenvalue weighted by Crippen LogP contribution is -2.27. The number of nitrogens with zero attached hydrogens (tertiary/aromatic N) is 2. The second-order valence-electron chi connectivity index (χ2n) is 7.13. The Hall–Kier alpha value is -3.57. The van der Waals surface area contributed by atoms with Gasteiger partial charge in [-0.25, -0.2) is 4.98 Å². The predicted molar refractivity (Wildman–Crippen MR) is 122 cm³/mol. The fraction of sp³-hybridized carbons (Fsp3) is 0.120. The lowest BCUT2D eigenvalue weighted by molar-refractivity contribution is 0.0935. The third-order valence-electron chi connectivity index (χ3n) is 5.02. The maximum atomic E-state index is 13.0. The molecule has 0 radical (unpaired) electrons. The van der Waals surface area contributed by atoms with Gasteiger partial charge >= 0.3 is 0 Å². The third-order valence-corrected chi connectivity index (χ3v) is 5.38. The van der Waals surface area contributed by atoms with Gasteiger partial charge in [0, 0.05) is 28.7 Å². The predicted octanol–water partition coefficient (Wildman–Crippen LogP) is 5.60. The Balaban J connectivity index is 1.44. The molecule has 1 aromatic heterocycles. The van der Waals surface area contributed by atoms with E-state index in [2.05, 4.69) is 10.3 Å². The Labute approximate surface area is 186 Å². The van der Waals surface area contributed by atoms with Gasteiger partial charge in [-0.2, -0.15) is 0 Å². The van der Waals surface area contributed by atoms with Crippen molar-refractivity contribution in [3.63, 3.8) is 0 Å². The molecule has 1 atom stereocenters. The van der Waals surface area contributed by atoms with Crippen LogP contribution in [0.1, 0.15) is 34.5 Å². The van der Waals surface area contributed by atoms with Crippen molar-refractivity contribution in [2.24, 2.45) is 0 Å². The van der Waals surface area contributed by atoms with Gasteiger partial charge in [0.05, 0.1) is 17.9 Å². The molecule has 3 aromatic carbocycles. The number of carbonyl (C=O) groups excluding carboxylic acids is 1. The van der Waals surface area contributed by atoms with Gasteiger partial charge in [0.15, 0.2) is 0 Å². The first-order valence-electron chi connectivity index (χ1n) is 9.96. The number of halogens is 1. The quantitative estimate of drug-likeness (QED) is 0.414. The van der Waals surface area contributed by atoms with Gasteiger partial charge in [0.25, 0.3) is 5.91 Å². The summed E-state index contributed by atoms with van der Waals surface area (Å²) in [6, 6.07) is 22.5. The smallest absolute Gasteiger partial charge is 0.255 e. The Bertz CT molecular complexity index is 1160. The van der Waals surface area contributed by atoms with Crippen molar-refractivity contribution < 1.29 is 9.53 Å². The van der Waals surface area contributed by atoms with Crippen LogP contribution >= 0.6 is 11.6 Å². The molecule has 1 unspecified atom stereocenters. The molecular formula is C25H22ClN3O2. The minimum Gasteiger partial charge on any atom is -0.488 e. The molecule has 6 heteroatoms. The van der Waals surface area contributed by atoms with E-state index in [4.69, 9.17) is 16.3 Å². The van der Waals surface area contributed by atoms with Crippen LogP contribution in [0.3, 0.4) is 0 Å². The summed E-state index contributed by atoms with van der Waals surface area (Å²) in [6.07, 6.45) is 5.38. The van der Waals surface area contributed by atoms with E-state index < -0.39 is 0 Å². The van der Waals surface area contributed by atoms with Gasteiger partial charge in [-0.3, -0.25) is 4.79 Å². The molecular weight excluding hydrogens is 410 g/mol. The highest BCUT2D eigenvalue weighted by molar-refractivity contribution is 6.31. The summed E-state index contributed by atoms with van der Waals surface area (Å²) >= 11 is 6.21. The molecule has 0 fully saturated rings. The second-order valence-corrected chi connectivity index (χ2v) is 7.54. The normalized spacial score (nSPS) is 11.7. The first-order chi connectivity index (χ1) is 15.1. The molecule has 0 aliphatic rings. The standard InChI is InChI=1S/C25H22ClN3O2/c1-18(19-10-12-21(13-11-19)29-15-14-27-17-29)28-25(30)22-7-3-5-9-24(22)31-16-20-6-2-4-8-23(20)26/h2-15,17-18H,16H2,1H3,(H,28,30). The van der Waals surface area contributed by atoms with E-state index in [1.165, 1.54) is 0 Å². The number of amides is 1. The third kappa shape index (κ3) is 4.95. The van der Waals surface area contributed by atoms with E-state index in [0.29, 0.717) is 16.3 Å². The monoisotopic (exact) mass is 431 g/mol. The Morgan fingerprint density at radius 3 is 2.55 bits per heavy atom. The number of ether oxygens (including phenoxy) is 1. The number of imidazole rings is 1. The second kappa shape index (κ2) is 9.49. The fourth-order valence-electron chi connectivity index (χ4n) is 3.26. The van der Waals surface area contributed by atoms with Gasteiger partial charge in [0.2, 0.25) is 0 Å². The maximum Gasteiger partial charge on any atom is 0.255 e. The van der Waals surface area contributed by atoms with E-state index in [9.17, 15) is 4.79 Å². The first-order valence-corrected chi connectivity index (χ1v) is 10.3. The number of hydrogen-bond acceptors (Lipinski definition) is 3. The summed E-state index contributed by atoms with van der Waals surface area (Å²) in [5.41, 5.74) is 3.37. The number of benzene rings is 3. The molecule has 0 bridgehead atoms. The van der Waals surface area contributed by atoms with Crippen LogP contribution in [0.15, 0.2) is 91.5 Å². The van der Waals surface area contributed by atoms with Crippen LogP contribution in [-0.2, 0) is 6.61 Å². The number of para-hydroxylation sites is 1. The summed E-state index contributed by atoms with van der Waals surface area (Å²) in [5.74, 6) is 0.323. The van der Waals surface area contributed by atoms with Crippen LogP contribution in [0.25, 0.3) is 5.69 Å². The molecule has 0 aliphatic carbocycles. The molecule has 156 valence electrons. The number of carbonyl (C=O) groups is 1. The van der Waals surface area contributed by atoms with E-state index in [-0.39, 0.29) is 18.6 Å². The van der Waals surface area contributed by atoms with E-state index in [1.54, 1.807) is 24.7 Å². The van der Waals surface area contributed by atoms with E-state index >= 15 is 0 Å². The molecule has 4 rings (SSSR count). The van der Waals surface area contributed by atoms with Crippen molar-refractivity contribution in [3.05, 3.63) is 113 Å². The molecule has 1 N–H and O–H groups in total. The highest BCUT2D eigenvalue weighted by Gasteiger charge is 2.16. The summed E-state index contributed by atoms with van der Waals surface area (Å²) in [7, 11) is 0. The lowest BCUT2D eigenvalue weighted by Gasteiger charge is -2.17. The minimum atomic E-state index is -0.194. The van der Waals surface area contributed by atoms with Crippen molar-refractivity contribution in [3.8, 4) is 11.4 Å². The Kier molecular flexibility index (Phi) is 6.34. The molecule has 1 amide bonds. The zero-order valence-electron chi connectivity index (χ0n) is 17.0. The van der Waals surface area contributed by atoms with Crippen LogP contribution in [-0.4, -0.2) is 15.5 Å². The maximum absolute atomic E-state index is 13.0. The summed E-state index contributed by atoms with van der Waals surface area (Å²) in [6.45, 7) is 2.24. The minimum absolute atomic E-state index is 0.166. The van der Waals surface area contributed by atoms with Crippen molar-refractivity contribution in [1.82, 2.24) is 14.9 Å². The highest BCUT2D eigenvalue weighted by Crippen LogP contribution is 2.23. The summed E-state index contributed by atoms with van der Waals surface area (Å²) < 4.78 is 7.85. The average Bonchev–Trinajstić information content (AvgIpc) is 3.34. The SMILES string of the molecule is CC(NC(=O)c1ccccc1OCc1ccccc1Cl)c1ccc(-n2ccnc2)cc1. The fourth-order valence-corrected chi connectivity index (χ4v) is 3.45. The van der Waals surface area contributed by atoms with Gasteiger partial charge in [0.1, 0.15) is 12.4 Å². The van der Waals surface area contributed by atoms with E-state index in [0.717, 1.165) is 16.8 Å². The topological polar surface area (TPSA) is 56.1 Å². The number of nitrogens with one attached hydrogen (secondary N) is 1. The molecule has 4 aromatic rings. The van der Waals surface area contributed by atoms with Crippen LogP contribution < -0.4 is 10.1 Å². The molecule has 31 heavy (non-hydrogen) atoms.